The zero-order valence-electron chi connectivity index (χ0n) is 22.7. The fourth-order valence-corrected chi connectivity index (χ4v) is 5.15. The normalized spacial score (nSPS) is 12.8. The van der Waals surface area contributed by atoms with E-state index in [0.717, 1.165) is 34.4 Å². The number of fused-ring (bicyclic) bond motifs is 2. The highest BCUT2D eigenvalue weighted by Crippen LogP contribution is 2.40. The molecule has 5 aromatic rings. The largest absolute Gasteiger partial charge is 0.506 e. The fraction of sp³-hybridized carbons (Fsp3) is 0.241. The Bertz CT molecular complexity index is 1780. The molecule has 42 heavy (non-hydrogen) atoms. The molecule has 1 atom stereocenters. The van der Waals surface area contributed by atoms with Crippen molar-refractivity contribution in [3.63, 3.8) is 0 Å². The van der Waals surface area contributed by atoms with Crippen molar-refractivity contribution < 1.29 is 32.6 Å². The van der Waals surface area contributed by atoms with Gasteiger partial charge in [-0.05, 0) is 44.5 Å². The molecular weight excluding hydrogens is 571 g/mol. The lowest BCUT2D eigenvalue weighted by Gasteiger charge is -2.25. The molecule has 218 valence electrons. The minimum atomic E-state index is -4.81. The Labute approximate surface area is 241 Å². The summed E-state index contributed by atoms with van der Waals surface area (Å²) in [6.45, 7) is 4.97. The van der Waals surface area contributed by atoms with Crippen LogP contribution >= 0.6 is 11.3 Å². The van der Waals surface area contributed by atoms with Gasteiger partial charge in [-0.25, -0.2) is 14.8 Å². The first-order chi connectivity index (χ1) is 19.8. The molecule has 0 radical (unpaired) electrons. The molecular formula is C29H26F3N5O4S. The van der Waals surface area contributed by atoms with E-state index in [1.165, 1.54) is 12.3 Å². The number of rotatable bonds is 6. The number of aromatic nitrogens is 3. The van der Waals surface area contributed by atoms with E-state index in [4.69, 9.17) is 4.74 Å². The quantitative estimate of drug-likeness (QED) is 0.168. The molecule has 5 rings (SSSR count). The number of hydrogen-bond donors (Lipinski definition) is 4. The molecule has 2 aromatic carbocycles. The third-order valence-corrected chi connectivity index (χ3v) is 7.01. The Morgan fingerprint density at radius 1 is 1.10 bits per heavy atom. The molecule has 3 aromatic heterocycles. The number of H-pyrrole nitrogens is 1. The molecule has 0 bridgehead atoms. The molecule has 0 aliphatic heterocycles. The number of amides is 2. The maximum atomic E-state index is 14.1. The highest BCUT2D eigenvalue weighted by atomic mass is 32.1. The minimum absolute atomic E-state index is 0.00702. The molecule has 13 heteroatoms. The second-order valence-corrected chi connectivity index (χ2v) is 11.4. The van der Waals surface area contributed by atoms with Gasteiger partial charge in [0.1, 0.15) is 16.9 Å². The van der Waals surface area contributed by atoms with Gasteiger partial charge in [0.05, 0.1) is 22.8 Å². The smallest absolute Gasteiger partial charge is 0.418 e. The predicted octanol–water partition coefficient (Wildman–Crippen LogP) is 6.96. The Balaban J connectivity index is 1.73. The summed E-state index contributed by atoms with van der Waals surface area (Å²) in [5.74, 6) is -1.58. The van der Waals surface area contributed by atoms with Crippen LogP contribution in [0, 0.1) is 0 Å². The number of hydrogen-bond acceptors (Lipinski definition) is 7. The second-order valence-electron chi connectivity index (χ2n) is 10.5. The lowest BCUT2D eigenvalue weighted by Crippen LogP contribution is -2.37. The van der Waals surface area contributed by atoms with E-state index >= 15 is 0 Å². The van der Waals surface area contributed by atoms with Crippen molar-refractivity contribution in [3.8, 4) is 5.75 Å². The number of benzene rings is 2. The van der Waals surface area contributed by atoms with Crippen LogP contribution in [0.25, 0.3) is 21.8 Å². The van der Waals surface area contributed by atoms with Crippen LogP contribution in [0.3, 0.4) is 0 Å². The topological polar surface area (TPSA) is 129 Å². The fourth-order valence-electron chi connectivity index (χ4n) is 4.62. The van der Waals surface area contributed by atoms with E-state index in [0.29, 0.717) is 5.56 Å². The van der Waals surface area contributed by atoms with Gasteiger partial charge in [-0.2, -0.15) is 13.2 Å². The number of nitrogens with zero attached hydrogens (tertiary/aromatic N) is 2. The number of nitrogens with one attached hydrogen (secondary N) is 3. The number of aromatic amines is 1. The molecule has 0 saturated heterocycles. The highest BCUT2D eigenvalue weighted by Gasteiger charge is 2.36. The number of carbonyl (C=O) groups excluding carboxylic acids is 2. The highest BCUT2D eigenvalue weighted by molar-refractivity contribution is 7.13. The van der Waals surface area contributed by atoms with Crippen molar-refractivity contribution in [2.75, 3.05) is 5.32 Å². The molecule has 0 aliphatic rings. The summed E-state index contributed by atoms with van der Waals surface area (Å²) in [5.41, 5.74) is -1.78. The van der Waals surface area contributed by atoms with E-state index in [-0.39, 0.29) is 22.6 Å². The van der Waals surface area contributed by atoms with Crippen molar-refractivity contribution in [1.29, 1.82) is 0 Å². The maximum absolute atomic E-state index is 14.1. The van der Waals surface area contributed by atoms with Gasteiger partial charge < -0.3 is 20.1 Å². The first-order valence-corrected chi connectivity index (χ1v) is 13.7. The summed E-state index contributed by atoms with van der Waals surface area (Å²) in [6, 6.07) is 9.34. The van der Waals surface area contributed by atoms with Gasteiger partial charge in [0.15, 0.2) is 5.13 Å². The van der Waals surface area contributed by atoms with E-state index in [1.807, 2.05) is 24.3 Å². The number of thiazole rings is 1. The van der Waals surface area contributed by atoms with Crippen LogP contribution in [0.15, 0.2) is 60.2 Å². The van der Waals surface area contributed by atoms with Gasteiger partial charge in [0, 0.05) is 40.5 Å². The van der Waals surface area contributed by atoms with Gasteiger partial charge in [0.25, 0.3) is 5.91 Å². The van der Waals surface area contributed by atoms with Crippen LogP contribution in [-0.4, -0.2) is 37.7 Å². The number of para-hydroxylation sites is 2. The third-order valence-electron chi connectivity index (χ3n) is 6.32. The van der Waals surface area contributed by atoms with Crippen LogP contribution in [0.1, 0.15) is 54.0 Å². The van der Waals surface area contributed by atoms with Crippen molar-refractivity contribution >= 4 is 50.3 Å². The summed E-state index contributed by atoms with van der Waals surface area (Å²) in [4.78, 5) is 38.1. The van der Waals surface area contributed by atoms with Crippen molar-refractivity contribution in [3.05, 3.63) is 82.6 Å². The Morgan fingerprint density at radius 2 is 1.83 bits per heavy atom. The van der Waals surface area contributed by atoms with Gasteiger partial charge >= 0.3 is 12.3 Å². The van der Waals surface area contributed by atoms with E-state index in [1.54, 1.807) is 32.3 Å². The summed E-state index contributed by atoms with van der Waals surface area (Å²) in [7, 11) is 0. The summed E-state index contributed by atoms with van der Waals surface area (Å²) in [5, 5.41) is 18.9. The van der Waals surface area contributed by atoms with Gasteiger partial charge in [-0.3, -0.25) is 10.1 Å². The average molecular weight is 598 g/mol. The monoisotopic (exact) mass is 597 g/mol. The molecule has 0 aliphatic carbocycles. The van der Waals surface area contributed by atoms with E-state index < -0.39 is 52.2 Å². The second kappa shape index (κ2) is 11.0. The molecule has 4 N–H and O–H groups in total. The van der Waals surface area contributed by atoms with Crippen LogP contribution in [-0.2, 0) is 17.3 Å². The summed E-state index contributed by atoms with van der Waals surface area (Å²) >= 11 is 1.11. The zero-order valence-corrected chi connectivity index (χ0v) is 23.5. The molecule has 0 spiro atoms. The van der Waals surface area contributed by atoms with Gasteiger partial charge in [-0.1, -0.05) is 24.3 Å². The van der Waals surface area contributed by atoms with Crippen LogP contribution in [0.2, 0.25) is 0 Å². The van der Waals surface area contributed by atoms with Crippen molar-refractivity contribution in [2.24, 2.45) is 0 Å². The third kappa shape index (κ3) is 6.00. The van der Waals surface area contributed by atoms with Crippen molar-refractivity contribution in [1.82, 2.24) is 20.3 Å². The average Bonchev–Trinajstić information content (AvgIpc) is 3.56. The Kier molecular flexibility index (Phi) is 7.54. The first-order valence-electron chi connectivity index (χ1n) is 12.8. The number of alkyl halides is 3. The van der Waals surface area contributed by atoms with E-state index in [9.17, 15) is 27.9 Å². The lowest BCUT2D eigenvalue weighted by atomic mass is 9.95. The Hall–Kier alpha value is -4.65. The predicted molar refractivity (Wildman–Crippen MR) is 153 cm³/mol. The number of carbonyl (C=O) groups is 2. The SMILES string of the molecule is CC(C)(C)OC(=O)N[C@@H](Cc1c[nH]c2ccccc12)c1nc2c(C(F)(F)F)cccc2c(O)c1C(=O)Nc1nccs1. The van der Waals surface area contributed by atoms with Crippen molar-refractivity contribution in [2.45, 2.75) is 45.0 Å². The summed E-state index contributed by atoms with van der Waals surface area (Å²) < 4.78 is 47.6. The number of halogens is 3. The number of ether oxygens (including phenoxy) is 1. The van der Waals surface area contributed by atoms with E-state index in [2.05, 4.69) is 25.6 Å². The lowest BCUT2D eigenvalue weighted by molar-refractivity contribution is -0.136. The van der Waals surface area contributed by atoms with Crippen LogP contribution in [0.5, 0.6) is 5.75 Å². The molecule has 3 heterocycles. The number of anilines is 1. The van der Waals surface area contributed by atoms with Crippen LogP contribution in [0.4, 0.5) is 23.1 Å². The summed E-state index contributed by atoms with van der Waals surface area (Å²) in [6.07, 6.45) is -2.55. The standard InChI is InChI=1S/C29H26F3N5O4S/c1-28(2,3)41-27(40)35-20(13-15-14-34-19-10-5-4-7-16(15)19)23-21(25(39)37-26-33-11-12-42-26)24(38)17-8-6-9-18(22(17)36-23)29(30,31)32/h4-12,14,20,34H,13H2,1-3H3,(H,35,40)(H,36,38)(H,33,37,39)/t20-/m0/s1. The molecule has 0 saturated carbocycles. The number of alkyl carbamates (subject to hydrolysis) is 1. The number of pyridine rings is 1. The molecule has 2 amide bonds. The Morgan fingerprint density at radius 3 is 2.52 bits per heavy atom. The minimum Gasteiger partial charge on any atom is -0.506 e. The van der Waals surface area contributed by atoms with Crippen LogP contribution < -0.4 is 10.6 Å². The molecule has 0 fully saturated rings. The van der Waals surface area contributed by atoms with Gasteiger partial charge in [-0.15, -0.1) is 11.3 Å². The molecule has 0 unspecified atom stereocenters. The van der Waals surface area contributed by atoms with Gasteiger partial charge in [0.2, 0.25) is 0 Å². The number of aromatic hydroxyl groups is 1. The first kappa shape index (κ1) is 28.9. The maximum Gasteiger partial charge on any atom is 0.418 e. The zero-order chi connectivity index (χ0) is 30.2. The molecule has 9 nitrogen and oxygen atoms in total.